The predicted octanol–water partition coefficient (Wildman–Crippen LogP) is 3.69. The Hall–Kier alpha value is -2.59. The summed E-state index contributed by atoms with van der Waals surface area (Å²) in [6, 6.07) is 14.4. The van der Waals surface area contributed by atoms with Gasteiger partial charge < -0.3 is 9.47 Å². The molecule has 4 nitrogen and oxygen atoms in total. The van der Waals surface area contributed by atoms with E-state index < -0.39 is 5.97 Å². The van der Waals surface area contributed by atoms with Crippen LogP contribution in [0.25, 0.3) is 6.08 Å². The summed E-state index contributed by atoms with van der Waals surface area (Å²) >= 11 is 6.09. The number of carbonyl (C=O) groups excluding carboxylic acids is 1. The van der Waals surface area contributed by atoms with E-state index in [2.05, 4.69) is 4.99 Å². The van der Waals surface area contributed by atoms with Crippen molar-refractivity contribution in [2.45, 2.75) is 0 Å². The van der Waals surface area contributed by atoms with Crippen LogP contribution in [0, 0.1) is 0 Å². The molecule has 0 saturated carbocycles. The summed E-state index contributed by atoms with van der Waals surface area (Å²) in [6.07, 6.45) is 1.66. The first-order valence-electron chi connectivity index (χ1n) is 6.59. The first-order valence-corrected chi connectivity index (χ1v) is 6.96. The van der Waals surface area contributed by atoms with Gasteiger partial charge in [0.05, 0.1) is 17.7 Å². The van der Waals surface area contributed by atoms with E-state index in [-0.39, 0.29) is 11.6 Å². The number of cyclic esters (lactones) is 1. The van der Waals surface area contributed by atoms with E-state index in [1.165, 1.54) is 0 Å². The van der Waals surface area contributed by atoms with Crippen LogP contribution in [0.1, 0.15) is 11.1 Å². The molecule has 22 heavy (non-hydrogen) atoms. The van der Waals surface area contributed by atoms with Crippen LogP contribution in [0.2, 0.25) is 5.02 Å². The van der Waals surface area contributed by atoms with Crippen LogP contribution in [0.3, 0.4) is 0 Å². The second-order valence-corrected chi connectivity index (χ2v) is 5.00. The molecule has 1 heterocycles. The van der Waals surface area contributed by atoms with Crippen LogP contribution >= 0.6 is 11.6 Å². The number of esters is 1. The molecule has 0 aromatic heterocycles. The highest BCUT2D eigenvalue weighted by Gasteiger charge is 2.25. The molecule has 0 amide bonds. The van der Waals surface area contributed by atoms with Crippen LogP contribution in [0.5, 0.6) is 5.75 Å². The molecule has 5 heteroatoms. The van der Waals surface area contributed by atoms with Gasteiger partial charge in [-0.3, -0.25) is 0 Å². The number of aliphatic imine (C=N–C) groups is 1. The molecule has 3 rings (SSSR count). The fourth-order valence-electron chi connectivity index (χ4n) is 2.02. The third-order valence-electron chi connectivity index (χ3n) is 3.14. The van der Waals surface area contributed by atoms with Crippen LogP contribution in [0.15, 0.2) is 59.2 Å². The molecule has 0 bridgehead atoms. The molecule has 1 aliphatic heterocycles. The van der Waals surface area contributed by atoms with Crippen molar-refractivity contribution >= 4 is 29.5 Å². The largest absolute Gasteiger partial charge is 0.497 e. The molecular formula is C17H12ClNO3. The summed E-state index contributed by atoms with van der Waals surface area (Å²) in [5.41, 5.74) is 1.66. The molecule has 2 aromatic carbocycles. The van der Waals surface area contributed by atoms with Crippen LogP contribution < -0.4 is 4.74 Å². The van der Waals surface area contributed by atoms with Gasteiger partial charge >= 0.3 is 5.97 Å². The zero-order chi connectivity index (χ0) is 15.5. The average molecular weight is 314 g/mol. The highest BCUT2D eigenvalue weighted by atomic mass is 35.5. The summed E-state index contributed by atoms with van der Waals surface area (Å²) in [7, 11) is 1.60. The Labute approximate surface area is 132 Å². The van der Waals surface area contributed by atoms with Crippen molar-refractivity contribution in [1.29, 1.82) is 0 Å². The highest BCUT2D eigenvalue weighted by Crippen LogP contribution is 2.24. The van der Waals surface area contributed by atoms with Gasteiger partial charge in [-0.1, -0.05) is 35.9 Å². The molecule has 0 aliphatic carbocycles. The van der Waals surface area contributed by atoms with Gasteiger partial charge in [-0.2, -0.15) is 0 Å². The van der Waals surface area contributed by atoms with Gasteiger partial charge in [0.1, 0.15) is 5.75 Å². The normalized spacial score (nSPS) is 15.6. The number of ether oxygens (including phenoxy) is 2. The first kappa shape index (κ1) is 14.4. The lowest BCUT2D eigenvalue weighted by molar-refractivity contribution is -0.129. The summed E-state index contributed by atoms with van der Waals surface area (Å²) in [5, 5.41) is 0.486. The zero-order valence-electron chi connectivity index (χ0n) is 11.7. The highest BCUT2D eigenvalue weighted by molar-refractivity contribution is 6.34. The number of methoxy groups -OCH3 is 1. The summed E-state index contributed by atoms with van der Waals surface area (Å²) < 4.78 is 10.3. The molecule has 0 saturated heterocycles. The lowest BCUT2D eigenvalue weighted by atomic mass is 10.2. The Kier molecular flexibility index (Phi) is 3.94. The second kappa shape index (κ2) is 6.03. The van der Waals surface area contributed by atoms with Crippen molar-refractivity contribution < 1.29 is 14.3 Å². The number of benzene rings is 2. The van der Waals surface area contributed by atoms with Gasteiger partial charge in [0.15, 0.2) is 5.70 Å². The van der Waals surface area contributed by atoms with Crippen LogP contribution in [0.4, 0.5) is 0 Å². The Morgan fingerprint density at radius 2 is 1.86 bits per heavy atom. The van der Waals surface area contributed by atoms with E-state index in [4.69, 9.17) is 21.1 Å². The molecule has 2 aromatic rings. The molecule has 0 spiro atoms. The Bertz CT molecular complexity index is 779. The molecule has 110 valence electrons. The van der Waals surface area contributed by atoms with E-state index in [0.717, 1.165) is 11.3 Å². The number of hydrogen-bond donors (Lipinski definition) is 0. The Morgan fingerprint density at radius 1 is 1.14 bits per heavy atom. The van der Waals surface area contributed by atoms with Gasteiger partial charge in [0.2, 0.25) is 5.90 Å². The Balaban J connectivity index is 1.92. The lowest BCUT2D eigenvalue weighted by Gasteiger charge is -2.00. The van der Waals surface area contributed by atoms with Crippen molar-refractivity contribution in [2.24, 2.45) is 4.99 Å². The van der Waals surface area contributed by atoms with Gasteiger partial charge in [-0.05, 0) is 35.9 Å². The fraction of sp³-hybridized carbons (Fsp3) is 0.0588. The quantitative estimate of drug-likeness (QED) is 0.641. The van der Waals surface area contributed by atoms with Crippen molar-refractivity contribution in [3.63, 3.8) is 0 Å². The first-order chi connectivity index (χ1) is 10.7. The van der Waals surface area contributed by atoms with Gasteiger partial charge in [-0.25, -0.2) is 9.79 Å². The van der Waals surface area contributed by atoms with Crippen LogP contribution in [-0.2, 0) is 9.53 Å². The monoisotopic (exact) mass is 313 g/mol. The summed E-state index contributed by atoms with van der Waals surface area (Å²) in [5.74, 6) is 0.470. The van der Waals surface area contributed by atoms with E-state index >= 15 is 0 Å². The minimum absolute atomic E-state index is 0.218. The van der Waals surface area contributed by atoms with Crippen molar-refractivity contribution in [3.8, 4) is 5.75 Å². The van der Waals surface area contributed by atoms with E-state index in [9.17, 15) is 4.79 Å². The van der Waals surface area contributed by atoms with E-state index in [0.29, 0.717) is 10.6 Å². The van der Waals surface area contributed by atoms with Gasteiger partial charge in [0, 0.05) is 0 Å². The maximum absolute atomic E-state index is 11.9. The van der Waals surface area contributed by atoms with E-state index in [1.807, 2.05) is 30.3 Å². The lowest BCUT2D eigenvalue weighted by Crippen LogP contribution is -2.05. The van der Waals surface area contributed by atoms with Crippen molar-refractivity contribution in [2.75, 3.05) is 7.11 Å². The molecule has 0 fully saturated rings. The van der Waals surface area contributed by atoms with Gasteiger partial charge in [0.25, 0.3) is 0 Å². The number of nitrogens with zero attached hydrogens (tertiary/aromatic N) is 1. The molecule has 0 radical (unpaired) electrons. The summed E-state index contributed by atoms with van der Waals surface area (Å²) in [4.78, 5) is 16.2. The smallest absolute Gasteiger partial charge is 0.363 e. The third-order valence-corrected chi connectivity index (χ3v) is 3.47. The molecule has 0 unspecified atom stereocenters. The third kappa shape index (κ3) is 2.87. The predicted molar refractivity (Wildman–Crippen MR) is 85.1 cm³/mol. The zero-order valence-corrected chi connectivity index (χ0v) is 12.5. The minimum atomic E-state index is -0.495. The minimum Gasteiger partial charge on any atom is -0.497 e. The average Bonchev–Trinajstić information content (AvgIpc) is 2.89. The molecule has 0 N–H and O–H groups in total. The fourth-order valence-corrected chi connectivity index (χ4v) is 2.23. The SMILES string of the molecule is COc1ccc(/C=C2\N=C(c3ccccc3Cl)OC2=O)cc1. The molecular weight excluding hydrogens is 302 g/mol. The number of carbonyl (C=O) groups is 1. The maximum Gasteiger partial charge on any atom is 0.363 e. The summed E-state index contributed by atoms with van der Waals surface area (Å²) in [6.45, 7) is 0. The number of rotatable bonds is 3. The number of hydrogen-bond acceptors (Lipinski definition) is 4. The molecule has 0 atom stereocenters. The number of halogens is 1. The van der Waals surface area contributed by atoms with E-state index in [1.54, 1.807) is 31.4 Å². The Morgan fingerprint density at radius 3 is 2.55 bits per heavy atom. The second-order valence-electron chi connectivity index (χ2n) is 4.59. The van der Waals surface area contributed by atoms with Crippen molar-refractivity contribution in [1.82, 2.24) is 0 Å². The molecule has 1 aliphatic rings. The van der Waals surface area contributed by atoms with Crippen molar-refractivity contribution in [3.05, 3.63) is 70.4 Å². The topological polar surface area (TPSA) is 47.9 Å². The maximum atomic E-state index is 11.9. The van der Waals surface area contributed by atoms with Gasteiger partial charge in [-0.15, -0.1) is 0 Å². The standard InChI is InChI=1S/C17H12ClNO3/c1-21-12-8-6-11(7-9-12)10-15-17(20)22-16(19-15)13-4-2-3-5-14(13)18/h2-10H,1H3/b15-10-. The van der Waals surface area contributed by atoms with Crippen LogP contribution in [-0.4, -0.2) is 19.0 Å².